The predicted octanol–water partition coefficient (Wildman–Crippen LogP) is 1.70. The number of likely N-dealkylation sites (N-methyl/N-ethyl adjacent to an activating group) is 2. The first-order chi connectivity index (χ1) is 7.76. The lowest BCUT2D eigenvalue weighted by atomic mass is 10.2. The highest BCUT2D eigenvalue weighted by atomic mass is 16.6. The molecule has 17 heavy (non-hydrogen) atoms. The Bertz CT molecular complexity index is 278. The standard InChI is InChI=1S/C12H23N3O2/c1-12(2,3)17-11(16)15(5)10-9-14(4)8-6-7-13/h6,8-10H2,1-5H3. The Balaban J connectivity index is 3.90. The Hall–Kier alpha value is -1.28. The van der Waals surface area contributed by atoms with Gasteiger partial charge in [-0.2, -0.15) is 5.26 Å². The van der Waals surface area contributed by atoms with Crippen LogP contribution in [-0.4, -0.2) is 55.2 Å². The number of carbonyl (C=O) groups excluding carboxylic acids is 1. The van der Waals surface area contributed by atoms with Crippen LogP contribution in [0.3, 0.4) is 0 Å². The van der Waals surface area contributed by atoms with Crippen LogP contribution in [0.4, 0.5) is 4.79 Å². The SMILES string of the molecule is CN(CCC#N)CCN(C)C(=O)OC(C)(C)C. The zero-order valence-electron chi connectivity index (χ0n) is 11.5. The van der Waals surface area contributed by atoms with Crippen LogP contribution in [0.15, 0.2) is 0 Å². The van der Waals surface area contributed by atoms with E-state index in [0.717, 1.165) is 13.1 Å². The second kappa shape index (κ2) is 7.13. The van der Waals surface area contributed by atoms with Crippen molar-refractivity contribution in [3.8, 4) is 6.07 Å². The largest absolute Gasteiger partial charge is 0.444 e. The summed E-state index contributed by atoms with van der Waals surface area (Å²) in [5, 5.41) is 8.45. The van der Waals surface area contributed by atoms with Crippen molar-refractivity contribution in [1.29, 1.82) is 5.26 Å². The highest BCUT2D eigenvalue weighted by Gasteiger charge is 2.19. The number of nitrogens with zero attached hydrogens (tertiary/aromatic N) is 3. The minimum atomic E-state index is -0.460. The topological polar surface area (TPSA) is 56.6 Å². The van der Waals surface area contributed by atoms with E-state index in [-0.39, 0.29) is 6.09 Å². The number of carbonyl (C=O) groups is 1. The maximum Gasteiger partial charge on any atom is 0.410 e. The molecule has 0 aliphatic heterocycles. The second-order valence-electron chi connectivity index (χ2n) is 5.11. The summed E-state index contributed by atoms with van der Waals surface area (Å²) in [4.78, 5) is 15.2. The molecule has 1 amide bonds. The summed E-state index contributed by atoms with van der Waals surface area (Å²) >= 11 is 0. The molecular weight excluding hydrogens is 218 g/mol. The fourth-order valence-electron chi connectivity index (χ4n) is 1.10. The molecule has 98 valence electrons. The molecule has 0 fully saturated rings. The Morgan fingerprint density at radius 3 is 2.29 bits per heavy atom. The van der Waals surface area contributed by atoms with E-state index in [2.05, 4.69) is 6.07 Å². The van der Waals surface area contributed by atoms with Crippen molar-refractivity contribution >= 4 is 6.09 Å². The molecule has 0 aromatic heterocycles. The molecule has 5 heteroatoms. The third-order valence-corrected chi connectivity index (χ3v) is 2.13. The number of hydrogen-bond acceptors (Lipinski definition) is 4. The van der Waals surface area contributed by atoms with Gasteiger partial charge in [0, 0.05) is 33.1 Å². The van der Waals surface area contributed by atoms with E-state index in [9.17, 15) is 4.79 Å². The maximum absolute atomic E-state index is 11.6. The maximum atomic E-state index is 11.6. The highest BCUT2D eigenvalue weighted by Crippen LogP contribution is 2.08. The van der Waals surface area contributed by atoms with Crippen molar-refractivity contribution < 1.29 is 9.53 Å². The number of hydrogen-bond donors (Lipinski definition) is 0. The molecule has 0 saturated heterocycles. The fourth-order valence-corrected chi connectivity index (χ4v) is 1.10. The molecule has 0 radical (unpaired) electrons. The van der Waals surface area contributed by atoms with E-state index >= 15 is 0 Å². The Morgan fingerprint density at radius 1 is 1.24 bits per heavy atom. The van der Waals surface area contributed by atoms with Crippen molar-refractivity contribution in [1.82, 2.24) is 9.80 Å². The number of rotatable bonds is 5. The van der Waals surface area contributed by atoms with Gasteiger partial charge in [0.2, 0.25) is 0 Å². The summed E-state index contributed by atoms with van der Waals surface area (Å²) in [6, 6.07) is 2.09. The molecule has 0 aliphatic carbocycles. The molecule has 0 aliphatic rings. The normalized spacial score (nSPS) is 11.1. The van der Waals surface area contributed by atoms with Gasteiger partial charge in [-0.25, -0.2) is 4.79 Å². The zero-order chi connectivity index (χ0) is 13.5. The molecular formula is C12H23N3O2. The molecule has 0 N–H and O–H groups in total. The molecule has 0 aromatic carbocycles. The second-order valence-corrected chi connectivity index (χ2v) is 5.11. The number of amides is 1. The summed E-state index contributed by atoms with van der Waals surface area (Å²) in [6.07, 6.45) is 0.193. The monoisotopic (exact) mass is 241 g/mol. The number of ether oxygens (including phenoxy) is 1. The summed E-state index contributed by atoms with van der Waals surface area (Å²) in [7, 11) is 3.65. The molecule has 5 nitrogen and oxygen atoms in total. The lowest BCUT2D eigenvalue weighted by Crippen LogP contribution is -2.38. The van der Waals surface area contributed by atoms with Gasteiger partial charge in [0.05, 0.1) is 6.07 Å². The van der Waals surface area contributed by atoms with Crippen molar-refractivity contribution in [3.63, 3.8) is 0 Å². The van der Waals surface area contributed by atoms with E-state index in [1.807, 2.05) is 32.7 Å². The van der Waals surface area contributed by atoms with Crippen LogP contribution < -0.4 is 0 Å². The van der Waals surface area contributed by atoms with Gasteiger partial charge in [0.25, 0.3) is 0 Å². The van der Waals surface area contributed by atoms with E-state index in [0.29, 0.717) is 13.0 Å². The number of nitriles is 1. The molecule has 0 saturated carbocycles. The minimum Gasteiger partial charge on any atom is -0.444 e. The predicted molar refractivity (Wildman–Crippen MR) is 66.6 cm³/mol. The molecule has 0 atom stereocenters. The average molecular weight is 241 g/mol. The van der Waals surface area contributed by atoms with Crippen LogP contribution in [0.5, 0.6) is 0 Å². The van der Waals surface area contributed by atoms with Crippen LogP contribution in [0, 0.1) is 11.3 Å². The Morgan fingerprint density at radius 2 is 1.82 bits per heavy atom. The highest BCUT2D eigenvalue weighted by molar-refractivity contribution is 5.67. The zero-order valence-corrected chi connectivity index (χ0v) is 11.5. The van der Waals surface area contributed by atoms with Gasteiger partial charge >= 0.3 is 6.09 Å². The van der Waals surface area contributed by atoms with Gasteiger partial charge in [-0.1, -0.05) is 0 Å². The summed E-state index contributed by atoms with van der Waals surface area (Å²) in [5.74, 6) is 0. The lowest BCUT2D eigenvalue weighted by Gasteiger charge is -2.26. The minimum absolute atomic E-state index is 0.314. The van der Waals surface area contributed by atoms with E-state index in [1.54, 1.807) is 11.9 Å². The molecule has 0 aromatic rings. The first-order valence-corrected chi connectivity index (χ1v) is 5.76. The molecule has 0 rings (SSSR count). The van der Waals surface area contributed by atoms with Crippen LogP contribution in [-0.2, 0) is 4.74 Å². The van der Waals surface area contributed by atoms with Crippen LogP contribution >= 0.6 is 0 Å². The van der Waals surface area contributed by atoms with E-state index in [1.165, 1.54) is 0 Å². The third-order valence-electron chi connectivity index (χ3n) is 2.13. The third kappa shape index (κ3) is 8.52. The molecule has 0 unspecified atom stereocenters. The van der Waals surface area contributed by atoms with Gasteiger partial charge < -0.3 is 14.5 Å². The van der Waals surface area contributed by atoms with Crippen molar-refractivity contribution in [2.24, 2.45) is 0 Å². The first-order valence-electron chi connectivity index (χ1n) is 5.76. The Kier molecular flexibility index (Phi) is 6.59. The van der Waals surface area contributed by atoms with Crippen LogP contribution in [0.1, 0.15) is 27.2 Å². The summed E-state index contributed by atoms with van der Waals surface area (Å²) in [6.45, 7) is 7.58. The first kappa shape index (κ1) is 15.7. The van der Waals surface area contributed by atoms with E-state index < -0.39 is 5.60 Å². The van der Waals surface area contributed by atoms with Crippen LogP contribution in [0.2, 0.25) is 0 Å². The van der Waals surface area contributed by atoms with Crippen molar-refractivity contribution in [2.75, 3.05) is 33.7 Å². The van der Waals surface area contributed by atoms with Gasteiger partial charge in [-0.05, 0) is 27.8 Å². The smallest absolute Gasteiger partial charge is 0.410 e. The van der Waals surface area contributed by atoms with Gasteiger partial charge in [0.1, 0.15) is 5.60 Å². The molecule has 0 heterocycles. The summed E-state index contributed by atoms with van der Waals surface area (Å²) < 4.78 is 5.23. The van der Waals surface area contributed by atoms with Gasteiger partial charge in [-0.3, -0.25) is 0 Å². The van der Waals surface area contributed by atoms with Crippen LogP contribution in [0.25, 0.3) is 0 Å². The van der Waals surface area contributed by atoms with Crippen molar-refractivity contribution in [2.45, 2.75) is 32.8 Å². The quantitative estimate of drug-likeness (QED) is 0.735. The van der Waals surface area contributed by atoms with Gasteiger partial charge in [0.15, 0.2) is 0 Å². The van der Waals surface area contributed by atoms with Crippen molar-refractivity contribution in [3.05, 3.63) is 0 Å². The van der Waals surface area contributed by atoms with E-state index in [4.69, 9.17) is 10.00 Å². The fraction of sp³-hybridized carbons (Fsp3) is 0.833. The summed E-state index contributed by atoms with van der Waals surface area (Å²) in [5.41, 5.74) is -0.460. The molecule has 0 spiro atoms. The Labute approximate surface area is 104 Å². The molecule has 0 bridgehead atoms. The van der Waals surface area contributed by atoms with Gasteiger partial charge in [-0.15, -0.1) is 0 Å². The lowest BCUT2D eigenvalue weighted by molar-refractivity contribution is 0.0287. The average Bonchev–Trinajstić information content (AvgIpc) is 2.20.